The Morgan fingerprint density at radius 3 is 3.03 bits per heavy atom. The van der Waals surface area contributed by atoms with Crippen molar-refractivity contribution in [2.45, 2.75) is 31.7 Å². The number of aliphatic hydroxyl groups excluding tert-OH is 1. The number of aromatic amines is 1. The van der Waals surface area contributed by atoms with Gasteiger partial charge in [-0.2, -0.15) is 5.10 Å². The highest BCUT2D eigenvalue weighted by molar-refractivity contribution is 7.13. The molecule has 0 amide bonds. The van der Waals surface area contributed by atoms with Crippen LogP contribution in [-0.4, -0.2) is 60.5 Å². The summed E-state index contributed by atoms with van der Waals surface area (Å²) < 4.78 is 8.45. The third-order valence-corrected chi connectivity index (χ3v) is 8.20. The average Bonchev–Trinajstić information content (AvgIpc) is 3.65. The fourth-order valence-corrected chi connectivity index (χ4v) is 6.58. The highest BCUT2D eigenvalue weighted by Gasteiger charge is 2.47. The summed E-state index contributed by atoms with van der Waals surface area (Å²) in [5.74, 6) is 0. The summed E-state index contributed by atoms with van der Waals surface area (Å²) in [6.07, 6.45) is 6.32. The van der Waals surface area contributed by atoms with Crippen LogP contribution in [0.4, 0.5) is 0 Å². The van der Waals surface area contributed by atoms with Crippen LogP contribution >= 0.6 is 11.3 Å². The highest BCUT2D eigenvalue weighted by atomic mass is 32.1. The summed E-state index contributed by atoms with van der Waals surface area (Å²) in [7, 11) is 1.97. The summed E-state index contributed by atoms with van der Waals surface area (Å²) in [4.78, 5) is 16.2. The van der Waals surface area contributed by atoms with E-state index >= 15 is 0 Å². The maximum atomic E-state index is 9.99. The molecule has 35 heavy (non-hydrogen) atoms. The van der Waals surface area contributed by atoms with Gasteiger partial charge in [0, 0.05) is 66.5 Å². The van der Waals surface area contributed by atoms with Crippen LogP contribution in [0.3, 0.4) is 0 Å². The number of nitrogens with zero attached hydrogens (tertiary/aromatic N) is 5. The minimum Gasteiger partial charge on any atom is -0.392 e. The zero-order valence-corrected chi connectivity index (χ0v) is 20.5. The molecule has 6 heterocycles. The number of rotatable bonds is 4. The Morgan fingerprint density at radius 1 is 1.29 bits per heavy atom. The first-order valence-corrected chi connectivity index (χ1v) is 12.8. The molecule has 2 atom stereocenters. The van der Waals surface area contributed by atoms with E-state index in [1.807, 2.05) is 42.8 Å². The molecule has 2 aliphatic rings. The summed E-state index contributed by atoms with van der Waals surface area (Å²) >= 11 is 1.62. The summed E-state index contributed by atoms with van der Waals surface area (Å²) in [5, 5.41) is 16.7. The lowest BCUT2D eigenvalue weighted by Crippen LogP contribution is -2.34. The number of pyridine rings is 1. The van der Waals surface area contributed by atoms with Crippen molar-refractivity contribution >= 4 is 33.3 Å². The molecule has 4 aromatic heterocycles. The Balaban J connectivity index is 1.49. The number of ether oxygens (including phenoxy) is 1. The van der Waals surface area contributed by atoms with Crippen LogP contribution in [0.5, 0.6) is 0 Å². The molecule has 1 spiro atoms. The van der Waals surface area contributed by atoms with E-state index in [4.69, 9.17) is 9.72 Å². The van der Waals surface area contributed by atoms with Crippen molar-refractivity contribution in [3.8, 4) is 21.7 Å². The number of aromatic nitrogens is 5. The quantitative estimate of drug-likeness (QED) is 0.398. The molecule has 1 fully saturated rings. The van der Waals surface area contributed by atoms with E-state index in [2.05, 4.69) is 38.2 Å². The van der Waals surface area contributed by atoms with Gasteiger partial charge in [0.2, 0.25) is 0 Å². The third kappa shape index (κ3) is 3.19. The van der Waals surface area contributed by atoms with Crippen molar-refractivity contribution in [3.05, 3.63) is 53.4 Å². The van der Waals surface area contributed by atoms with Gasteiger partial charge < -0.3 is 14.8 Å². The van der Waals surface area contributed by atoms with E-state index in [1.54, 1.807) is 11.3 Å². The molecule has 178 valence electrons. The van der Waals surface area contributed by atoms with Crippen molar-refractivity contribution in [2.24, 2.45) is 7.05 Å². The van der Waals surface area contributed by atoms with Gasteiger partial charge >= 0.3 is 0 Å². The fourth-order valence-electron chi connectivity index (χ4n) is 5.95. The normalized spacial score (nSPS) is 21.0. The number of hydrogen-bond donors (Lipinski definition) is 2. The Labute approximate surface area is 206 Å². The van der Waals surface area contributed by atoms with E-state index in [1.165, 1.54) is 5.56 Å². The van der Waals surface area contributed by atoms with Crippen LogP contribution in [0.1, 0.15) is 24.5 Å². The molecule has 1 saturated heterocycles. The monoisotopic (exact) mass is 486 g/mol. The van der Waals surface area contributed by atoms with E-state index in [9.17, 15) is 5.11 Å². The summed E-state index contributed by atoms with van der Waals surface area (Å²) in [6, 6.07) is 6.52. The zero-order valence-electron chi connectivity index (χ0n) is 19.7. The molecule has 5 aromatic rings. The molecule has 9 heteroatoms. The number of aliphatic hydroxyl groups is 1. The predicted molar refractivity (Wildman–Crippen MR) is 136 cm³/mol. The van der Waals surface area contributed by atoms with E-state index in [0.717, 1.165) is 68.7 Å². The number of β-amino-alcohol motifs (C(OH)–C–C–N with tert-alkyl or cyclic N) is 1. The van der Waals surface area contributed by atoms with Gasteiger partial charge in [-0.1, -0.05) is 6.07 Å². The predicted octanol–water partition coefficient (Wildman–Crippen LogP) is 4.05. The fraction of sp³-hybridized carbons (Fsp3) is 0.346. The van der Waals surface area contributed by atoms with Gasteiger partial charge in [-0.3, -0.25) is 14.6 Å². The Kier molecular flexibility index (Phi) is 4.66. The van der Waals surface area contributed by atoms with Crippen LogP contribution in [-0.2, 0) is 24.0 Å². The molecular formula is C26H26N6O2S. The van der Waals surface area contributed by atoms with Crippen LogP contribution in [0.2, 0.25) is 0 Å². The maximum absolute atomic E-state index is 9.99. The van der Waals surface area contributed by atoms with Gasteiger partial charge in [0.25, 0.3) is 0 Å². The molecule has 2 aliphatic heterocycles. The number of aryl methyl sites for hydroxylation is 1. The van der Waals surface area contributed by atoms with Gasteiger partial charge in [0.05, 0.1) is 40.5 Å². The lowest BCUT2D eigenvalue weighted by molar-refractivity contribution is -0.0305. The SMILES string of the molecule is C[C@H](O)CN1CCC2(C1)OCc1cnc3[nH]c(-c4cncs4)c(-c4ccc5c(cnn5C)c4)c3c12. The van der Waals surface area contributed by atoms with Gasteiger partial charge in [0.15, 0.2) is 0 Å². The van der Waals surface area contributed by atoms with E-state index in [0.29, 0.717) is 13.2 Å². The van der Waals surface area contributed by atoms with Crippen molar-refractivity contribution < 1.29 is 9.84 Å². The first-order chi connectivity index (χ1) is 17.0. The minimum absolute atomic E-state index is 0.365. The largest absolute Gasteiger partial charge is 0.392 e. The molecule has 7 rings (SSSR count). The number of H-pyrrole nitrogens is 1. The second-order valence-corrected chi connectivity index (χ2v) is 10.7. The number of fused-ring (bicyclic) bond motifs is 5. The maximum Gasteiger partial charge on any atom is 0.138 e. The molecule has 0 saturated carbocycles. The molecular weight excluding hydrogens is 460 g/mol. The minimum atomic E-state index is -0.397. The zero-order chi connectivity index (χ0) is 23.7. The lowest BCUT2D eigenvalue weighted by Gasteiger charge is -2.26. The number of likely N-dealkylation sites (tertiary alicyclic amines) is 1. The smallest absolute Gasteiger partial charge is 0.138 e. The van der Waals surface area contributed by atoms with Gasteiger partial charge in [0.1, 0.15) is 11.2 Å². The van der Waals surface area contributed by atoms with Gasteiger partial charge in [-0.05, 0) is 31.0 Å². The number of hydrogen-bond acceptors (Lipinski definition) is 7. The molecule has 1 unspecified atom stereocenters. The number of nitrogens with one attached hydrogen (secondary N) is 1. The van der Waals surface area contributed by atoms with Crippen LogP contribution in [0.25, 0.3) is 43.6 Å². The Hall–Kier alpha value is -3.11. The highest BCUT2D eigenvalue weighted by Crippen LogP contribution is 2.50. The Bertz CT molecular complexity index is 1570. The molecule has 1 aromatic carbocycles. The summed E-state index contributed by atoms with van der Waals surface area (Å²) in [6.45, 7) is 4.72. The first-order valence-electron chi connectivity index (χ1n) is 11.9. The summed E-state index contributed by atoms with van der Waals surface area (Å²) in [5.41, 5.74) is 9.11. The van der Waals surface area contributed by atoms with E-state index in [-0.39, 0.29) is 6.10 Å². The molecule has 0 bridgehead atoms. The molecule has 0 radical (unpaired) electrons. The lowest BCUT2D eigenvalue weighted by atomic mass is 9.87. The van der Waals surface area contributed by atoms with E-state index < -0.39 is 5.60 Å². The standard InChI is InChI=1S/C26H26N6O2S/c1-15(33)11-32-6-5-26(13-32)23-18(12-34-26)8-28-25-22(23)21(24(30-25)20-10-27-14-35-20)16-3-4-19-17(7-16)9-29-31(19)2/h3-4,7-10,14-15,33H,5-6,11-13H2,1-2H3,(H,28,30)/t15-,26?/m0/s1. The first kappa shape index (κ1) is 21.2. The van der Waals surface area contributed by atoms with Crippen LogP contribution in [0.15, 0.2) is 42.3 Å². The molecule has 2 N–H and O–H groups in total. The second kappa shape index (κ2) is 7.69. The molecule has 8 nitrogen and oxygen atoms in total. The topological polar surface area (TPSA) is 92.1 Å². The van der Waals surface area contributed by atoms with Gasteiger partial charge in [-0.15, -0.1) is 11.3 Å². The number of benzene rings is 1. The number of thiazole rings is 1. The van der Waals surface area contributed by atoms with Gasteiger partial charge in [-0.25, -0.2) is 4.98 Å². The molecule has 0 aliphatic carbocycles. The van der Waals surface area contributed by atoms with Crippen LogP contribution < -0.4 is 0 Å². The van der Waals surface area contributed by atoms with Crippen LogP contribution in [0, 0.1) is 0 Å². The van der Waals surface area contributed by atoms with Crippen molar-refractivity contribution in [2.75, 3.05) is 19.6 Å². The van der Waals surface area contributed by atoms with Crippen molar-refractivity contribution in [3.63, 3.8) is 0 Å². The Morgan fingerprint density at radius 2 is 2.20 bits per heavy atom. The average molecular weight is 487 g/mol. The third-order valence-electron chi connectivity index (χ3n) is 7.41. The van der Waals surface area contributed by atoms with Crippen molar-refractivity contribution in [1.82, 2.24) is 29.6 Å². The second-order valence-electron chi connectivity index (χ2n) is 9.78. The van der Waals surface area contributed by atoms with Crippen molar-refractivity contribution in [1.29, 1.82) is 0 Å².